The summed E-state index contributed by atoms with van der Waals surface area (Å²) < 4.78 is 0. The van der Waals surface area contributed by atoms with E-state index >= 15 is 0 Å². The molecule has 0 amide bonds. The van der Waals surface area contributed by atoms with Gasteiger partial charge in [-0.3, -0.25) is 0 Å². The van der Waals surface area contributed by atoms with Crippen LogP contribution < -0.4 is 5.32 Å². The van der Waals surface area contributed by atoms with Gasteiger partial charge in [0, 0.05) is 32.7 Å². The van der Waals surface area contributed by atoms with Gasteiger partial charge in [0.25, 0.3) is 0 Å². The van der Waals surface area contributed by atoms with Crippen LogP contribution in [0.3, 0.4) is 0 Å². The van der Waals surface area contributed by atoms with Crippen molar-refractivity contribution in [3.05, 3.63) is 36.0 Å². The maximum atomic E-state index is 3.95. The molecule has 1 aliphatic rings. The second-order valence-electron chi connectivity index (χ2n) is 5.21. The Morgan fingerprint density at radius 3 is 2.50 bits per heavy atom. The first kappa shape index (κ1) is 15.2. The number of rotatable bonds is 6. The molecule has 0 aromatic heterocycles. The van der Waals surface area contributed by atoms with Crippen molar-refractivity contribution < 1.29 is 0 Å². The SMILES string of the molecule is C=C/C(=C\C(=C/C)C(C)C)CCN1CCNCC1. The molecule has 1 fully saturated rings. The Bertz CT molecular complexity index is 307. The molecule has 0 radical (unpaired) electrons. The third kappa shape index (κ3) is 5.19. The number of piperazine rings is 1. The Labute approximate surface area is 112 Å². The zero-order valence-electron chi connectivity index (χ0n) is 12.2. The maximum Gasteiger partial charge on any atom is 0.0108 e. The third-order valence-electron chi connectivity index (χ3n) is 3.54. The molecule has 0 bridgehead atoms. The summed E-state index contributed by atoms with van der Waals surface area (Å²) in [7, 11) is 0. The predicted octanol–water partition coefficient (Wildman–Crippen LogP) is 3.00. The fraction of sp³-hybridized carbons (Fsp3) is 0.625. The van der Waals surface area contributed by atoms with Crippen LogP contribution in [0.2, 0.25) is 0 Å². The molecule has 1 N–H and O–H groups in total. The fourth-order valence-electron chi connectivity index (χ4n) is 2.25. The first-order valence-corrected chi connectivity index (χ1v) is 7.09. The smallest absolute Gasteiger partial charge is 0.0108 e. The molecule has 0 atom stereocenters. The minimum Gasteiger partial charge on any atom is -0.314 e. The number of hydrogen-bond donors (Lipinski definition) is 1. The molecule has 2 nitrogen and oxygen atoms in total. The summed E-state index contributed by atoms with van der Waals surface area (Å²) in [6.45, 7) is 16.3. The minimum absolute atomic E-state index is 0.587. The highest BCUT2D eigenvalue weighted by atomic mass is 15.2. The van der Waals surface area contributed by atoms with E-state index in [1.165, 1.54) is 24.2 Å². The largest absolute Gasteiger partial charge is 0.314 e. The van der Waals surface area contributed by atoms with Crippen molar-refractivity contribution in [3.8, 4) is 0 Å². The molecule has 1 saturated heterocycles. The molecule has 0 saturated carbocycles. The first-order chi connectivity index (χ1) is 8.67. The molecule has 0 spiro atoms. The van der Waals surface area contributed by atoms with Crippen molar-refractivity contribution in [2.75, 3.05) is 32.7 Å². The number of nitrogens with zero attached hydrogens (tertiary/aromatic N) is 1. The quantitative estimate of drug-likeness (QED) is 0.727. The number of allylic oxidation sites excluding steroid dienone is 4. The van der Waals surface area contributed by atoms with Crippen LogP contribution in [-0.4, -0.2) is 37.6 Å². The standard InChI is InChI=1S/C16H28N2/c1-5-15(13-16(6-2)14(3)4)7-10-18-11-8-17-9-12-18/h5-6,13-14,17H,1,7-12H2,2-4H3/b15-13+,16-6+. The Morgan fingerprint density at radius 1 is 1.33 bits per heavy atom. The van der Waals surface area contributed by atoms with E-state index in [9.17, 15) is 0 Å². The lowest BCUT2D eigenvalue weighted by molar-refractivity contribution is 0.244. The topological polar surface area (TPSA) is 15.3 Å². The summed E-state index contributed by atoms with van der Waals surface area (Å²) in [6.07, 6.45) is 7.63. The lowest BCUT2D eigenvalue weighted by Crippen LogP contribution is -2.43. The van der Waals surface area contributed by atoms with Gasteiger partial charge in [-0.2, -0.15) is 0 Å². The molecule has 1 rings (SSSR count). The molecule has 0 aromatic carbocycles. The van der Waals surface area contributed by atoms with E-state index in [0.717, 1.165) is 26.1 Å². The monoisotopic (exact) mass is 248 g/mol. The van der Waals surface area contributed by atoms with Gasteiger partial charge in [0.1, 0.15) is 0 Å². The molecule has 2 heteroatoms. The summed E-state index contributed by atoms with van der Waals surface area (Å²) in [4.78, 5) is 2.53. The van der Waals surface area contributed by atoms with Gasteiger partial charge in [-0.25, -0.2) is 0 Å². The van der Waals surface area contributed by atoms with E-state index < -0.39 is 0 Å². The lowest BCUT2D eigenvalue weighted by atomic mass is 9.99. The summed E-state index contributed by atoms with van der Waals surface area (Å²) >= 11 is 0. The van der Waals surface area contributed by atoms with Crippen LogP contribution in [0.15, 0.2) is 36.0 Å². The van der Waals surface area contributed by atoms with Crippen molar-refractivity contribution >= 4 is 0 Å². The van der Waals surface area contributed by atoms with Crippen LogP contribution >= 0.6 is 0 Å². The van der Waals surface area contributed by atoms with Crippen LogP contribution in [0.1, 0.15) is 27.2 Å². The third-order valence-corrected chi connectivity index (χ3v) is 3.54. The normalized spacial score (nSPS) is 19.3. The van der Waals surface area contributed by atoms with Gasteiger partial charge in [-0.1, -0.05) is 38.7 Å². The van der Waals surface area contributed by atoms with Gasteiger partial charge in [0.2, 0.25) is 0 Å². The summed E-state index contributed by atoms with van der Waals surface area (Å²) in [5.41, 5.74) is 2.76. The van der Waals surface area contributed by atoms with E-state index in [0.29, 0.717) is 5.92 Å². The highest BCUT2D eigenvalue weighted by molar-refractivity contribution is 5.30. The highest BCUT2D eigenvalue weighted by Gasteiger charge is 2.09. The van der Waals surface area contributed by atoms with Gasteiger partial charge < -0.3 is 10.2 Å². The molecular formula is C16H28N2. The minimum atomic E-state index is 0.587. The average Bonchev–Trinajstić information content (AvgIpc) is 2.40. The second-order valence-corrected chi connectivity index (χ2v) is 5.21. The van der Waals surface area contributed by atoms with Crippen LogP contribution in [0.5, 0.6) is 0 Å². The molecule has 102 valence electrons. The van der Waals surface area contributed by atoms with Crippen LogP contribution in [0.25, 0.3) is 0 Å². The second kappa shape index (κ2) is 8.28. The van der Waals surface area contributed by atoms with Crippen LogP contribution in [-0.2, 0) is 0 Å². The van der Waals surface area contributed by atoms with Gasteiger partial charge >= 0.3 is 0 Å². The first-order valence-electron chi connectivity index (χ1n) is 7.09. The molecule has 0 aliphatic carbocycles. The van der Waals surface area contributed by atoms with Crippen molar-refractivity contribution in [2.45, 2.75) is 27.2 Å². The average molecular weight is 248 g/mol. The van der Waals surface area contributed by atoms with Gasteiger partial charge in [0.05, 0.1) is 0 Å². The number of nitrogens with one attached hydrogen (secondary N) is 1. The van der Waals surface area contributed by atoms with E-state index in [1.54, 1.807) is 0 Å². The summed E-state index contributed by atoms with van der Waals surface area (Å²) in [5.74, 6) is 0.587. The highest BCUT2D eigenvalue weighted by Crippen LogP contribution is 2.16. The van der Waals surface area contributed by atoms with E-state index in [-0.39, 0.29) is 0 Å². The van der Waals surface area contributed by atoms with Gasteiger partial charge in [-0.05, 0) is 30.4 Å². The summed E-state index contributed by atoms with van der Waals surface area (Å²) in [6, 6.07) is 0. The van der Waals surface area contributed by atoms with E-state index in [1.807, 2.05) is 6.08 Å². The zero-order chi connectivity index (χ0) is 13.4. The van der Waals surface area contributed by atoms with Crippen molar-refractivity contribution in [3.63, 3.8) is 0 Å². The summed E-state index contributed by atoms with van der Waals surface area (Å²) in [5, 5.41) is 3.39. The maximum absolute atomic E-state index is 3.95. The molecule has 1 heterocycles. The Morgan fingerprint density at radius 2 is 2.00 bits per heavy atom. The lowest BCUT2D eigenvalue weighted by Gasteiger charge is -2.27. The van der Waals surface area contributed by atoms with Crippen molar-refractivity contribution in [1.82, 2.24) is 10.2 Å². The molecule has 1 aliphatic heterocycles. The van der Waals surface area contributed by atoms with Gasteiger partial charge in [0.15, 0.2) is 0 Å². The molecular weight excluding hydrogens is 220 g/mol. The molecule has 18 heavy (non-hydrogen) atoms. The number of hydrogen-bond acceptors (Lipinski definition) is 2. The Hall–Kier alpha value is -0.860. The van der Waals surface area contributed by atoms with E-state index in [2.05, 4.69) is 49.7 Å². The van der Waals surface area contributed by atoms with Crippen molar-refractivity contribution in [1.29, 1.82) is 0 Å². The van der Waals surface area contributed by atoms with Gasteiger partial charge in [-0.15, -0.1) is 0 Å². The van der Waals surface area contributed by atoms with Crippen LogP contribution in [0, 0.1) is 5.92 Å². The molecule has 0 unspecified atom stereocenters. The van der Waals surface area contributed by atoms with E-state index in [4.69, 9.17) is 0 Å². The fourth-order valence-corrected chi connectivity index (χ4v) is 2.25. The van der Waals surface area contributed by atoms with Crippen molar-refractivity contribution in [2.24, 2.45) is 5.92 Å². The molecule has 0 aromatic rings. The Balaban J connectivity index is 2.50. The van der Waals surface area contributed by atoms with Crippen LogP contribution in [0.4, 0.5) is 0 Å². The predicted molar refractivity (Wildman–Crippen MR) is 80.8 cm³/mol. The Kier molecular flexibility index (Phi) is 6.99. The zero-order valence-corrected chi connectivity index (χ0v) is 12.2.